The Morgan fingerprint density at radius 3 is 2.59 bits per heavy atom. The van der Waals surface area contributed by atoms with Crippen LogP contribution in [0, 0.1) is 11.7 Å². The molecule has 8 nitrogen and oxygen atoms in total. The molecule has 0 saturated heterocycles. The van der Waals surface area contributed by atoms with Gasteiger partial charge in [-0.25, -0.2) is 9.07 Å². The number of nitrogen functional groups attached to an aromatic ring is 1. The Morgan fingerprint density at radius 2 is 1.84 bits per heavy atom. The number of benzene rings is 2. The van der Waals surface area contributed by atoms with E-state index in [1.54, 1.807) is 42.5 Å². The van der Waals surface area contributed by atoms with Gasteiger partial charge in [-0.1, -0.05) is 55.9 Å². The van der Waals surface area contributed by atoms with Crippen molar-refractivity contribution >= 4 is 29.3 Å². The molecule has 2 amide bonds. The lowest BCUT2D eigenvalue weighted by molar-refractivity contribution is -0.113. The van der Waals surface area contributed by atoms with Gasteiger partial charge in [0.2, 0.25) is 11.1 Å². The number of nitrogens with two attached hydrogens (primary N) is 1. The fourth-order valence-electron chi connectivity index (χ4n) is 2.84. The number of thioether (sulfide) groups is 1. The van der Waals surface area contributed by atoms with Crippen LogP contribution in [0.5, 0.6) is 0 Å². The number of anilines is 1. The van der Waals surface area contributed by atoms with E-state index in [2.05, 4.69) is 20.8 Å². The lowest BCUT2D eigenvalue weighted by Gasteiger charge is -2.12. The lowest BCUT2D eigenvalue weighted by Crippen LogP contribution is -2.28. The summed E-state index contributed by atoms with van der Waals surface area (Å²) in [5, 5.41) is 13.9. The summed E-state index contributed by atoms with van der Waals surface area (Å²) in [6.07, 6.45) is 0.182. The van der Waals surface area contributed by atoms with Gasteiger partial charge in [0.15, 0.2) is 5.82 Å². The monoisotopic (exact) mass is 456 g/mol. The number of carbonyl (C=O) groups excluding carboxylic acids is 2. The minimum atomic E-state index is -0.347. The highest BCUT2D eigenvalue weighted by Gasteiger charge is 2.16. The SMILES string of the molecule is CC(C)CNC(=O)c1ccccc1NC(=O)CSc1nnc(Cc2ccccc2F)n1N. The van der Waals surface area contributed by atoms with Gasteiger partial charge in [0.05, 0.1) is 17.0 Å². The van der Waals surface area contributed by atoms with Gasteiger partial charge in [-0.05, 0) is 29.7 Å². The van der Waals surface area contributed by atoms with Crippen LogP contribution in [0.2, 0.25) is 0 Å². The molecule has 168 valence electrons. The molecule has 3 rings (SSSR count). The number of carbonyl (C=O) groups is 2. The zero-order valence-electron chi connectivity index (χ0n) is 17.8. The predicted octanol–water partition coefficient (Wildman–Crippen LogP) is 2.84. The Balaban J connectivity index is 1.60. The van der Waals surface area contributed by atoms with E-state index in [9.17, 15) is 14.0 Å². The van der Waals surface area contributed by atoms with Crippen molar-refractivity contribution in [3.05, 3.63) is 71.3 Å². The summed E-state index contributed by atoms with van der Waals surface area (Å²) >= 11 is 1.10. The van der Waals surface area contributed by atoms with Crippen molar-refractivity contribution in [1.29, 1.82) is 0 Å². The largest absolute Gasteiger partial charge is 0.352 e. The van der Waals surface area contributed by atoms with E-state index >= 15 is 0 Å². The van der Waals surface area contributed by atoms with E-state index < -0.39 is 0 Å². The summed E-state index contributed by atoms with van der Waals surface area (Å²) in [5.41, 5.74) is 1.27. The van der Waals surface area contributed by atoms with Gasteiger partial charge in [0.1, 0.15) is 5.82 Å². The first-order valence-electron chi connectivity index (χ1n) is 10.1. The van der Waals surface area contributed by atoms with Crippen LogP contribution in [0.15, 0.2) is 53.7 Å². The van der Waals surface area contributed by atoms with Gasteiger partial charge in [-0.2, -0.15) is 0 Å². The summed E-state index contributed by atoms with van der Waals surface area (Å²) in [4.78, 5) is 24.9. The third kappa shape index (κ3) is 6.07. The average molecular weight is 457 g/mol. The first-order valence-corrected chi connectivity index (χ1v) is 11.1. The molecule has 3 aromatic rings. The molecule has 0 spiro atoms. The molecular formula is C22H25FN6O2S. The zero-order chi connectivity index (χ0) is 23.1. The van der Waals surface area contributed by atoms with Gasteiger partial charge in [0.25, 0.3) is 5.91 Å². The van der Waals surface area contributed by atoms with Crippen LogP contribution >= 0.6 is 11.8 Å². The number of nitrogens with one attached hydrogen (secondary N) is 2. The van der Waals surface area contributed by atoms with Crippen molar-refractivity contribution in [2.75, 3.05) is 23.5 Å². The van der Waals surface area contributed by atoms with Crippen LogP contribution in [-0.4, -0.2) is 39.0 Å². The summed E-state index contributed by atoms with van der Waals surface area (Å²) in [6, 6.07) is 13.2. The van der Waals surface area contributed by atoms with Crippen LogP contribution in [0.3, 0.4) is 0 Å². The number of nitrogens with zero attached hydrogens (tertiary/aromatic N) is 3. The average Bonchev–Trinajstić information content (AvgIpc) is 3.11. The Kier molecular flexibility index (Phi) is 7.82. The molecule has 0 aliphatic carbocycles. The molecule has 0 aliphatic heterocycles. The highest BCUT2D eigenvalue weighted by Crippen LogP contribution is 2.19. The second-order valence-corrected chi connectivity index (χ2v) is 8.47. The van der Waals surface area contributed by atoms with Crippen molar-refractivity contribution in [3.63, 3.8) is 0 Å². The smallest absolute Gasteiger partial charge is 0.253 e. The first kappa shape index (κ1) is 23.3. The molecule has 4 N–H and O–H groups in total. The second-order valence-electron chi connectivity index (χ2n) is 7.52. The van der Waals surface area contributed by atoms with Crippen molar-refractivity contribution in [2.45, 2.75) is 25.4 Å². The van der Waals surface area contributed by atoms with E-state index in [-0.39, 0.29) is 29.8 Å². The van der Waals surface area contributed by atoms with E-state index in [4.69, 9.17) is 5.84 Å². The first-order chi connectivity index (χ1) is 15.3. The third-order valence-corrected chi connectivity index (χ3v) is 5.43. The quantitative estimate of drug-likeness (QED) is 0.337. The number of aromatic nitrogens is 3. The number of para-hydroxylation sites is 1. The van der Waals surface area contributed by atoms with Crippen LogP contribution in [0.4, 0.5) is 10.1 Å². The number of hydrogen-bond donors (Lipinski definition) is 3. The van der Waals surface area contributed by atoms with Crippen molar-refractivity contribution < 1.29 is 14.0 Å². The Labute approximate surface area is 189 Å². The second kappa shape index (κ2) is 10.8. The summed E-state index contributed by atoms with van der Waals surface area (Å²) < 4.78 is 15.1. The van der Waals surface area contributed by atoms with Crippen LogP contribution in [0.25, 0.3) is 0 Å². The summed E-state index contributed by atoms with van der Waals surface area (Å²) in [6.45, 7) is 4.55. The van der Waals surface area contributed by atoms with Gasteiger partial charge in [-0.3, -0.25) is 9.59 Å². The number of hydrogen-bond acceptors (Lipinski definition) is 6. The van der Waals surface area contributed by atoms with Crippen molar-refractivity contribution in [3.8, 4) is 0 Å². The Morgan fingerprint density at radius 1 is 1.12 bits per heavy atom. The predicted molar refractivity (Wildman–Crippen MR) is 122 cm³/mol. The third-order valence-electron chi connectivity index (χ3n) is 4.49. The van der Waals surface area contributed by atoms with Crippen molar-refractivity contribution in [1.82, 2.24) is 20.2 Å². The number of halogens is 1. The van der Waals surface area contributed by atoms with Gasteiger partial charge < -0.3 is 16.5 Å². The zero-order valence-corrected chi connectivity index (χ0v) is 18.7. The molecule has 0 atom stereocenters. The lowest BCUT2D eigenvalue weighted by atomic mass is 10.1. The fraction of sp³-hybridized carbons (Fsp3) is 0.273. The van der Waals surface area contributed by atoms with E-state index in [0.717, 1.165) is 11.8 Å². The molecule has 0 aliphatic rings. The molecule has 0 bridgehead atoms. The van der Waals surface area contributed by atoms with Crippen molar-refractivity contribution in [2.24, 2.45) is 5.92 Å². The fourth-order valence-corrected chi connectivity index (χ4v) is 3.51. The van der Waals surface area contributed by atoms with Gasteiger partial charge in [-0.15, -0.1) is 10.2 Å². The maximum atomic E-state index is 13.9. The summed E-state index contributed by atoms with van der Waals surface area (Å²) in [7, 11) is 0. The molecule has 0 saturated carbocycles. The number of rotatable bonds is 9. The molecule has 32 heavy (non-hydrogen) atoms. The molecule has 0 radical (unpaired) electrons. The molecule has 10 heteroatoms. The molecule has 2 aromatic carbocycles. The molecular weight excluding hydrogens is 431 g/mol. The van der Waals surface area contributed by atoms with E-state index in [1.165, 1.54) is 10.7 Å². The van der Waals surface area contributed by atoms with Crippen LogP contribution in [0.1, 0.15) is 35.6 Å². The highest BCUT2D eigenvalue weighted by molar-refractivity contribution is 7.99. The molecule has 1 heterocycles. The standard InChI is InChI=1S/C22H25FN6O2S/c1-14(2)12-25-21(31)16-8-4-6-10-18(16)26-20(30)13-32-22-28-27-19(29(22)24)11-15-7-3-5-9-17(15)23/h3-10,14H,11-13,24H2,1-2H3,(H,25,31)(H,26,30). The minimum absolute atomic E-state index is 0.0109. The van der Waals surface area contributed by atoms with Gasteiger partial charge in [0, 0.05) is 13.0 Å². The Hall–Kier alpha value is -3.40. The van der Waals surface area contributed by atoms with Crippen LogP contribution < -0.4 is 16.5 Å². The van der Waals surface area contributed by atoms with Crippen LogP contribution in [-0.2, 0) is 11.2 Å². The topological polar surface area (TPSA) is 115 Å². The highest BCUT2D eigenvalue weighted by atomic mass is 32.2. The molecule has 1 aromatic heterocycles. The van der Waals surface area contributed by atoms with Gasteiger partial charge >= 0.3 is 0 Å². The Bertz CT molecular complexity index is 1100. The normalized spacial score (nSPS) is 10.9. The van der Waals surface area contributed by atoms with E-state index in [1.807, 2.05) is 13.8 Å². The molecule has 0 unspecified atom stereocenters. The molecule has 0 fully saturated rings. The summed E-state index contributed by atoms with van der Waals surface area (Å²) in [5.74, 6) is 5.81. The van der Waals surface area contributed by atoms with E-state index in [0.29, 0.717) is 40.3 Å². The minimum Gasteiger partial charge on any atom is -0.352 e. The maximum Gasteiger partial charge on any atom is 0.253 e. The number of amides is 2. The maximum absolute atomic E-state index is 13.9.